The van der Waals surface area contributed by atoms with Crippen LogP contribution in [-0.2, 0) is 0 Å². The number of nitrogens with zero attached hydrogens (tertiary/aromatic N) is 3. The van der Waals surface area contributed by atoms with Crippen LogP contribution >= 0.6 is 11.5 Å². The van der Waals surface area contributed by atoms with E-state index in [0.29, 0.717) is 12.0 Å². The molecule has 0 saturated carbocycles. The third kappa shape index (κ3) is 1.89. The summed E-state index contributed by atoms with van der Waals surface area (Å²) < 4.78 is 3.90. The van der Waals surface area contributed by atoms with Gasteiger partial charge in [-0.15, -0.1) is 0 Å². The average molecular weight is 199 g/mol. The van der Waals surface area contributed by atoms with Gasteiger partial charge < -0.3 is 11.1 Å². The van der Waals surface area contributed by atoms with Crippen LogP contribution < -0.4 is 11.1 Å². The van der Waals surface area contributed by atoms with Crippen LogP contribution in [0.25, 0.3) is 0 Å². The van der Waals surface area contributed by atoms with E-state index < -0.39 is 0 Å². The lowest BCUT2D eigenvalue weighted by molar-refractivity contribution is 0.171. The van der Waals surface area contributed by atoms with E-state index in [-0.39, 0.29) is 0 Å². The van der Waals surface area contributed by atoms with E-state index in [1.807, 2.05) is 0 Å². The maximum Gasteiger partial charge on any atom is 0.233 e. The van der Waals surface area contributed by atoms with Gasteiger partial charge in [-0.3, -0.25) is 4.90 Å². The van der Waals surface area contributed by atoms with Gasteiger partial charge in [-0.2, -0.15) is 9.36 Å². The second kappa shape index (κ2) is 3.47. The van der Waals surface area contributed by atoms with Crippen molar-refractivity contribution in [2.45, 2.75) is 13.0 Å². The van der Waals surface area contributed by atoms with E-state index in [2.05, 4.69) is 26.5 Å². The summed E-state index contributed by atoms with van der Waals surface area (Å²) >= 11 is 1.32. The lowest BCUT2D eigenvalue weighted by Crippen LogP contribution is -2.54. The number of nitrogens with two attached hydrogens (primary N) is 1. The molecule has 0 atom stereocenters. The largest absolute Gasteiger partial charge is 0.367 e. The number of nitrogens with one attached hydrogen (secondary N) is 1. The molecule has 0 radical (unpaired) electrons. The first-order valence-corrected chi connectivity index (χ1v) is 5.13. The van der Waals surface area contributed by atoms with Crippen molar-refractivity contribution >= 4 is 22.6 Å². The summed E-state index contributed by atoms with van der Waals surface area (Å²) in [5.74, 6) is 0.360. The van der Waals surface area contributed by atoms with Gasteiger partial charge in [0.1, 0.15) is 0 Å². The number of hydrogen-bond donors (Lipinski definition) is 2. The summed E-state index contributed by atoms with van der Waals surface area (Å²) in [6.45, 7) is 5.47. The van der Waals surface area contributed by atoms with Gasteiger partial charge in [-0.1, -0.05) is 6.92 Å². The molecule has 1 fully saturated rings. The van der Waals surface area contributed by atoms with Crippen molar-refractivity contribution in [1.82, 2.24) is 14.3 Å². The maximum atomic E-state index is 5.41. The van der Waals surface area contributed by atoms with E-state index >= 15 is 0 Å². The molecule has 0 unspecified atom stereocenters. The molecule has 0 spiro atoms. The van der Waals surface area contributed by atoms with E-state index in [9.17, 15) is 0 Å². The van der Waals surface area contributed by atoms with Crippen LogP contribution in [0.2, 0.25) is 0 Å². The summed E-state index contributed by atoms with van der Waals surface area (Å²) in [5.41, 5.74) is 5.41. The van der Waals surface area contributed by atoms with Crippen molar-refractivity contribution in [3.63, 3.8) is 0 Å². The van der Waals surface area contributed by atoms with Crippen LogP contribution in [0.15, 0.2) is 0 Å². The first-order chi connectivity index (χ1) is 6.28. The smallest absolute Gasteiger partial charge is 0.233 e. The summed E-state index contributed by atoms with van der Waals surface area (Å²) in [6, 6.07) is 0.521. The second-order valence-electron chi connectivity index (χ2n) is 3.15. The highest BCUT2D eigenvalue weighted by Gasteiger charge is 2.25. The Labute approximate surface area is 81.1 Å². The zero-order valence-electron chi connectivity index (χ0n) is 7.53. The molecule has 1 aromatic heterocycles. The zero-order chi connectivity index (χ0) is 9.26. The molecular formula is C7H13N5S. The minimum absolute atomic E-state index is 0.360. The van der Waals surface area contributed by atoms with Crippen molar-refractivity contribution in [1.29, 1.82) is 0 Å². The number of hydrogen-bond acceptors (Lipinski definition) is 6. The summed E-state index contributed by atoms with van der Waals surface area (Å²) in [7, 11) is 0. The molecule has 1 saturated heterocycles. The van der Waals surface area contributed by atoms with Gasteiger partial charge >= 0.3 is 0 Å². The topological polar surface area (TPSA) is 67.1 Å². The minimum Gasteiger partial charge on any atom is -0.367 e. The van der Waals surface area contributed by atoms with Gasteiger partial charge in [0.15, 0.2) is 0 Å². The molecule has 0 aliphatic carbocycles. The third-order valence-corrected chi connectivity index (χ3v) is 2.83. The Morgan fingerprint density at radius 3 is 3.00 bits per heavy atom. The number of rotatable bonds is 3. The molecule has 1 aromatic rings. The Balaban J connectivity index is 1.81. The Morgan fingerprint density at radius 1 is 1.69 bits per heavy atom. The summed E-state index contributed by atoms with van der Waals surface area (Å²) in [5, 5.41) is 4.12. The normalized spacial score (nSPS) is 18.5. The lowest BCUT2D eigenvalue weighted by atomic mass is 10.1. The van der Waals surface area contributed by atoms with Crippen molar-refractivity contribution in [3.05, 3.63) is 0 Å². The number of nitrogen functional groups attached to an aromatic ring is 1. The highest BCUT2D eigenvalue weighted by molar-refractivity contribution is 7.09. The number of likely N-dealkylation sites (N-methyl/N-ethyl adjacent to an activating group) is 1. The second-order valence-corrected chi connectivity index (χ2v) is 3.90. The van der Waals surface area contributed by atoms with E-state index in [4.69, 9.17) is 5.73 Å². The van der Waals surface area contributed by atoms with Gasteiger partial charge in [0.2, 0.25) is 11.1 Å². The Hall–Kier alpha value is -0.880. The predicted octanol–water partition coefficient (Wildman–Crippen LogP) is 0.236. The van der Waals surface area contributed by atoms with Crippen LogP contribution in [0.1, 0.15) is 6.92 Å². The Kier molecular flexibility index (Phi) is 2.32. The van der Waals surface area contributed by atoms with Crippen LogP contribution in [0.4, 0.5) is 11.1 Å². The summed E-state index contributed by atoms with van der Waals surface area (Å²) in [4.78, 5) is 6.40. The van der Waals surface area contributed by atoms with Gasteiger partial charge in [0, 0.05) is 24.6 Å². The lowest BCUT2D eigenvalue weighted by Gasteiger charge is -2.38. The quantitative estimate of drug-likeness (QED) is 0.729. The highest BCUT2D eigenvalue weighted by atomic mass is 32.1. The fourth-order valence-corrected chi connectivity index (χ4v) is 1.96. The van der Waals surface area contributed by atoms with Crippen LogP contribution in [0.5, 0.6) is 0 Å². The molecule has 1 aliphatic rings. The molecule has 13 heavy (non-hydrogen) atoms. The number of aromatic nitrogens is 2. The van der Waals surface area contributed by atoms with Gasteiger partial charge in [-0.25, -0.2) is 0 Å². The van der Waals surface area contributed by atoms with Crippen molar-refractivity contribution in [3.8, 4) is 0 Å². The third-order valence-electron chi connectivity index (χ3n) is 2.17. The molecule has 0 amide bonds. The van der Waals surface area contributed by atoms with Crippen molar-refractivity contribution in [2.75, 3.05) is 30.7 Å². The zero-order valence-corrected chi connectivity index (χ0v) is 8.34. The van der Waals surface area contributed by atoms with Gasteiger partial charge in [-0.05, 0) is 6.54 Å². The molecule has 0 aromatic carbocycles. The van der Waals surface area contributed by atoms with E-state index in [1.54, 1.807) is 0 Å². The number of anilines is 2. The monoisotopic (exact) mass is 199 g/mol. The molecule has 6 heteroatoms. The molecule has 2 heterocycles. The molecule has 3 N–H and O–H groups in total. The van der Waals surface area contributed by atoms with Crippen molar-refractivity contribution in [2.24, 2.45) is 0 Å². The standard InChI is InChI=1S/C7H13N5S/c1-2-12-3-5(4-12)9-7-10-6(8)11-13-7/h5H,2-4H2,1H3,(H3,8,9,10,11). The molecule has 0 bridgehead atoms. The highest BCUT2D eigenvalue weighted by Crippen LogP contribution is 2.17. The first-order valence-electron chi connectivity index (χ1n) is 4.36. The summed E-state index contributed by atoms with van der Waals surface area (Å²) in [6.07, 6.45) is 0. The Bertz CT molecular complexity index is 280. The molecule has 5 nitrogen and oxygen atoms in total. The van der Waals surface area contributed by atoms with Crippen LogP contribution in [0.3, 0.4) is 0 Å². The maximum absolute atomic E-state index is 5.41. The molecular weight excluding hydrogens is 186 g/mol. The SMILES string of the molecule is CCN1CC(Nc2nc(N)ns2)C1. The van der Waals surface area contributed by atoms with Gasteiger partial charge in [0.25, 0.3) is 0 Å². The number of likely N-dealkylation sites (tertiary alicyclic amines) is 1. The fourth-order valence-electron chi connectivity index (χ4n) is 1.39. The van der Waals surface area contributed by atoms with E-state index in [0.717, 1.165) is 24.8 Å². The predicted molar refractivity (Wildman–Crippen MR) is 53.8 cm³/mol. The fraction of sp³-hybridized carbons (Fsp3) is 0.714. The average Bonchev–Trinajstić information content (AvgIpc) is 2.43. The molecule has 2 rings (SSSR count). The van der Waals surface area contributed by atoms with Crippen molar-refractivity contribution < 1.29 is 0 Å². The first kappa shape index (κ1) is 8.71. The Morgan fingerprint density at radius 2 is 2.46 bits per heavy atom. The minimum atomic E-state index is 0.360. The van der Waals surface area contributed by atoms with E-state index in [1.165, 1.54) is 11.5 Å². The molecule has 1 aliphatic heterocycles. The van der Waals surface area contributed by atoms with Crippen LogP contribution in [0, 0.1) is 0 Å². The van der Waals surface area contributed by atoms with Crippen LogP contribution in [-0.4, -0.2) is 39.9 Å². The van der Waals surface area contributed by atoms with Gasteiger partial charge in [0.05, 0.1) is 6.04 Å². The molecule has 72 valence electrons.